The fraction of sp³-hybridized carbons (Fsp3) is 0.174. The molecule has 0 spiro atoms. The Morgan fingerprint density at radius 2 is 1.63 bits per heavy atom. The highest BCUT2D eigenvalue weighted by molar-refractivity contribution is 5.78. The Balaban J connectivity index is 1.58. The van der Waals surface area contributed by atoms with Crippen molar-refractivity contribution in [1.82, 2.24) is 5.32 Å². The van der Waals surface area contributed by atoms with Gasteiger partial charge in [-0.15, -0.1) is 0 Å². The fourth-order valence-electron chi connectivity index (χ4n) is 2.87. The number of amides is 1. The molecular formula is C23H22FNO2. The van der Waals surface area contributed by atoms with Crippen molar-refractivity contribution in [1.29, 1.82) is 0 Å². The van der Waals surface area contributed by atoms with Crippen molar-refractivity contribution in [2.75, 3.05) is 6.61 Å². The molecule has 0 saturated heterocycles. The number of para-hydroxylation sites is 1. The molecule has 0 aliphatic heterocycles. The number of carbonyl (C=O) groups excluding carboxylic acids is 1. The minimum Gasteiger partial charge on any atom is -0.483 e. The van der Waals surface area contributed by atoms with Crippen molar-refractivity contribution in [3.8, 4) is 5.75 Å². The molecule has 4 heteroatoms. The molecule has 0 unspecified atom stereocenters. The maximum atomic E-state index is 13.0. The predicted octanol–water partition coefficient (Wildman–Crippen LogP) is 4.67. The fourth-order valence-corrected chi connectivity index (χ4v) is 2.87. The topological polar surface area (TPSA) is 38.3 Å². The molecule has 3 nitrogen and oxygen atoms in total. The van der Waals surface area contributed by atoms with E-state index in [1.165, 1.54) is 17.7 Å². The summed E-state index contributed by atoms with van der Waals surface area (Å²) in [6.45, 7) is 1.78. The maximum absolute atomic E-state index is 13.0. The van der Waals surface area contributed by atoms with Gasteiger partial charge in [0.05, 0.1) is 6.04 Å². The summed E-state index contributed by atoms with van der Waals surface area (Å²) < 4.78 is 18.8. The smallest absolute Gasteiger partial charge is 0.258 e. The first-order valence-corrected chi connectivity index (χ1v) is 8.91. The second-order valence-electron chi connectivity index (χ2n) is 6.40. The van der Waals surface area contributed by atoms with Gasteiger partial charge in [0.25, 0.3) is 5.91 Å². The Morgan fingerprint density at radius 1 is 0.963 bits per heavy atom. The summed E-state index contributed by atoms with van der Waals surface area (Å²) in [6, 6.07) is 23.7. The molecule has 0 aliphatic rings. The minimum absolute atomic E-state index is 0.0721. The first-order valence-electron chi connectivity index (χ1n) is 8.91. The second kappa shape index (κ2) is 8.99. The van der Waals surface area contributed by atoms with Crippen LogP contribution in [0.15, 0.2) is 78.9 Å². The Hall–Kier alpha value is -3.14. The van der Waals surface area contributed by atoms with Crippen LogP contribution in [0, 0.1) is 5.82 Å². The van der Waals surface area contributed by atoms with Crippen LogP contribution >= 0.6 is 0 Å². The number of hydrogen-bond acceptors (Lipinski definition) is 2. The van der Waals surface area contributed by atoms with Gasteiger partial charge < -0.3 is 10.1 Å². The number of rotatable bonds is 7. The molecule has 0 heterocycles. The third kappa shape index (κ3) is 5.42. The molecule has 138 valence electrons. The van der Waals surface area contributed by atoms with Crippen LogP contribution in [0.4, 0.5) is 4.39 Å². The van der Waals surface area contributed by atoms with Gasteiger partial charge in [-0.05, 0) is 41.8 Å². The Morgan fingerprint density at radius 3 is 2.37 bits per heavy atom. The number of benzene rings is 3. The SMILES string of the molecule is C[C@@H](NC(=O)COc1ccccc1Cc1ccccc1)c1ccc(F)cc1. The second-order valence-corrected chi connectivity index (χ2v) is 6.40. The van der Waals surface area contributed by atoms with E-state index >= 15 is 0 Å². The van der Waals surface area contributed by atoms with Crippen LogP contribution in [-0.2, 0) is 11.2 Å². The number of carbonyl (C=O) groups is 1. The molecule has 1 atom stereocenters. The van der Waals surface area contributed by atoms with Crippen molar-refractivity contribution in [3.05, 3.63) is 101 Å². The molecular weight excluding hydrogens is 341 g/mol. The van der Waals surface area contributed by atoms with E-state index in [1.807, 2.05) is 49.4 Å². The minimum atomic E-state index is -0.296. The molecule has 0 bridgehead atoms. The van der Waals surface area contributed by atoms with Gasteiger partial charge in [0, 0.05) is 6.42 Å². The molecule has 0 saturated carbocycles. The Labute approximate surface area is 158 Å². The van der Waals surface area contributed by atoms with Crippen molar-refractivity contribution >= 4 is 5.91 Å². The van der Waals surface area contributed by atoms with Crippen LogP contribution in [0.2, 0.25) is 0 Å². The van der Waals surface area contributed by atoms with Crippen LogP contribution in [0.3, 0.4) is 0 Å². The van der Waals surface area contributed by atoms with Crippen molar-refractivity contribution in [2.45, 2.75) is 19.4 Å². The molecule has 0 fully saturated rings. The molecule has 0 aromatic heterocycles. The lowest BCUT2D eigenvalue weighted by Crippen LogP contribution is -2.31. The van der Waals surface area contributed by atoms with Crippen molar-refractivity contribution < 1.29 is 13.9 Å². The average Bonchev–Trinajstić information content (AvgIpc) is 2.68. The third-order valence-corrected chi connectivity index (χ3v) is 4.32. The van der Waals surface area contributed by atoms with E-state index in [4.69, 9.17) is 4.74 Å². The van der Waals surface area contributed by atoms with E-state index < -0.39 is 0 Å². The van der Waals surface area contributed by atoms with Gasteiger partial charge in [-0.25, -0.2) is 4.39 Å². The van der Waals surface area contributed by atoms with Crippen LogP contribution in [0.5, 0.6) is 5.75 Å². The van der Waals surface area contributed by atoms with Gasteiger partial charge in [0.1, 0.15) is 11.6 Å². The Kier molecular flexibility index (Phi) is 6.21. The monoisotopic (exact) mass is 363 g/mol. The summed E-state index contributed by atoms with van der Waals surface area (Å²) in [4.78, 5) is 12.2. The Bertz CT molecular complexity index is 878. The molecule has 3 aromatic carbocycles. The molecule has 1 amide bonds. The highest BCUT2D eigenvalue weighted by atomic mass is 19.1. The van der Waals surface area contributed by atoms with Crippen molar-refractivity contribution in [2.24, 2.45) is 0 Å². The van der Waals surface area contributed by atoms with Crippen LogP contribution in [-0.4, -0.2) is 12.5 Å². The normalized spacial score (nSPS) is 11.6. The van der Waals surface area contributed by atoms with Crippen molar-refractivity contribution in [3.63, 3.8) is 0 Å². The van der Waals surface area contributed by atoms with Gasteiger partial charge in [0.15, 0.2) is 6.61 Å². The van der Waals surface area contributed by atoms with Crippen LogP contribution in [0.25, 0.3) is 0 Å². The van der Waals surface area contributed by atoms with Crippen LogP contribution in [0.1, 0.15) is 29.7 Å². The molecule has 3 aromatic rings. The van der Waals surface area contributed by atoms with Gasteiger partial charge in [-0.2, -0.15) is 0 Å². The zero-order valence-electron chi connectivity index (χ0n) is 15.2. The molecule has 1 N–H and O–H groups in total. The number of halogens is 1. The quantitative estimate of drug-likeness (QED) is 0.662. The molecule has 3 rings (SSSR count). The maximum Gasteiger partial charge on any atom is 0.258 e. The van der Waals surface area contributed by atoms with Gasteiger partial charge in [-0.3, -0.25) is 4.79 Å². The number of nitrogens with one attached hydrogen (secondary N) is 1. The van der Waals surface area contributed by atoms with Crippen LogP contribution < -0.4 is 10.1 Å². The number of hydrogen-bond donors (Lipinski definition) is 1. The first-order chi connectivity index (χ1) is 13.1. The van der Waals surface area contributed by atoms with E-state index in [0.717, 1.165) is 17.5 Å². The van der Waals surface area contributed by atoms with E-state index in [2.05, 4.69) is 17.4 Å². The summed E-state index contributed by atoms with van der Waals surface area (Å²) in [5.41, 5.74) is 3.06. The van der Waals surface area contributed by atoms with Gasteiger partial charge in [0.2, 0.25) is 0 Å². The first kappa shape index (κ1) is 18.6. The lowest BCUT2D eigenvalue weighted by molar-refractivity contribution is -0.123. The summed E-state index contributed by atoms with van der Waals surface area (Å²) in [5, 5.41) is 2.87. The summed E-state index contributed by atoms with van der Waals surface area (Å²) in [6.07, 6.45) is 0.741. The number of ether oxygens (including phenoxy) is 1. The average molecular weight is 363 g/mol. The predicted molar refractivity (Wildman–Crippen MR) is 104 cm³/mol. The van der Waals surface area contributed by atoms with E-state index in [0.29, 0.717) is 5.75 Å². The zero-order chi connectivity index (χ0) is 19.1. The highest BCUT2D eigenvalue weighted by Crippen LogP contribution is 2.21. The zero-order valence-corrected chi connectivity index (χ0v) is 15.2. The highest BCUT2D eigenvalue weighted by Gasteiger charge is 2.11. The summed E-state index contributed by atoms with van der Waals surface area (Å²) in [7, 11) is 0. The van der Waals surface area contributed by atoms with E-state index in [9.17, 15) is 9.18 Å². The lowest BCUT2D eigenvalue weighted by atomic mass is 10.0. The van der Waals surface area contributed by atoms with E-state index in [1.54, 1.807) is 12.1 Å². The standard InChI is InChI=1S/C23H22FNO2/c1-17(19-11-13-21(24)14-12-19)25-23(26)16-27-22-10-6-5-9-20(22)15-18-7-3-2-4-8-18/h2-14,17H,15-16H2,1H3,(H,25,26)/t17-/m1/s1. The van der Waals surface area contributed by atoms with Gasteiger partial charge >= 0.3 is 0 Å². The molecule has 0 aliphatic carbocycles. The largest absolute Gasteiger partial charge is 0.483 e. The summed E-state index contributed by atoms with van der Waals surface area (Å²) in [5.74, 6) is 0.183. The lowest BCUT2D eigenvalue weighted by Gasteiger charge is -2.16. The third-order valence-electron chi connectivity index (χ3n) is 4.32. The summed E-state index contributed by atoms with van der Waals surface area (Å²) >= 11 is 0. The van der Waals surface area contributed by atoms with Gasteiger partial charge in [-0.1, -0.05) is 60.7 Å². The van der Waals surface area contributed by atoms with E-state index in [-0.39, 0.29) is 24.4 Å². The molecule has 0 radical (unpaired) electrons. The molecule has 27 heavy (non-hydrogen) atoms.